The first kappa shape index (κ1) is 21.0. The Bertz CT molecular complexity index is 420. The molecule has 0 aromatic heterocycles. The maximum Gasteiger partial charge on any atom is 0.191 e. The molecule has 0 fully saturated rings. The van der Waals surface area contributed by atoms with Gasteiger partial charge in [-0.25, -0.2) is 0 Å². The molecule has 0 saturated carbocycles. The maximum atomic E-state index is 5.70. The molecule has 0 aliphatic rings. The highest BCUT2D eigenvalue weighted by Gasteiger charge is 2.01. The zero-order chi connectivity index (χ0) is 15.5. The molecule has 0 bridgehead atoms. The number of hydrogen-bond donors (Lipinski definition) is 2. The van der Waals surface area contributed by atoms with Gasteiger partial charge in [-0.15, -0.1) is 24.0 Å². The van der Waals surface area contributed by atoms with Crippen LogP contribution in [0.1, 0.15) is 38.7 Å². The highest BCUT2D eigenvalue weighted by molar-refractivity contribution is 14.0. The van der Waals surface area contributed by atoms with E-state index in [1.807, 2.05) is 12.1 Å². The topological polar surface area (TPSA) is 45.7 Å². The SMILES string of the molecule is CCC(C)NC(=NC)NCCCCOc1ccc(C)cc1.I. The number of nitrogens with zero attached hydrogens (tertiary/aromatic N) is 1. The molecule has 126 valence electrons. The summed E-state index contributed by atoms with van der Waals surface area (Å²) in [6.07, 6.45) is 3.18. The summed E-state index contributed by atoms with van der Waals surface area (Å²) in [6, 6.07) is 8.63. The summed E-state index contributed by atoms with van der Waals surface area (Å²) in [4.78, 5) is 4.21. The van der Waals surface area contributed by atoms with E-state index in [2.05, 4.69) is 48.5 Å². The second kappa shape index (κ2) is 12.6. The number of ether oxygens (including phenoxy) is 1. The molecule has 22 heavy (non-hydrogen) atoms. The molecule has 0 saturated heterocycles. The van der Waals surface area contributed by atoms with E-state index in [-0.39, 0.29) is 24.0 Å². The molecule has 1 atom stereocenters. The molecule has 0 spiro atoms. The van der Waals surface area contributed by atoms with Crippen LogP contribution in [-0.4, -0.2) is 32.2 Å². The monoisotopic (exact) mass is 419 g/mol. The minimum Gasteiger partial charge on any atom is -0.494 e. The van der Waals surface area contributed by atoms with Crippen LogP contribution in [-0.2, 0) is 0 Å². The predicted molar refractivity (Wildman–Crippen MR) is 106 cm³/mol. The molecule has 1 unspecified atom stereocenters. The van der Waals surface area contributed by atoms with Gasteiger partial charge in [-0.1, -0.05) is 24.6 Å². The Morgan fingerprint density at radius 3 is 2.50 bits per heavy atom. The van der Waals surface area contributed by atoms with Gasteiger partial charge in [0.25, 0.3) is 0 Å². The Morgan fingerprint density at radius 1 is 1.23 bits per heavy atom. The summed E-state index contributed by atoms with van der Waals surface area (Å²) in [5.41, 5.74) is 1.26. The van der Waals surface area contributed by atoms with Gasteiger partial charge in [0, 0.05) is 19.6 Å². The minimum atomic E-state index is 0. The summed E-state index contributed by atoms with van der Waals surface area (Å²) in [7, 11) is 1.80. The van der Waals surface area contributed by atoms with Crippen LogP contribution in [0, 0.1) is 6.92 Å². The lowest BCUT2D eigenvalue weighted by Crippen LogP contribution is -2.42. The van der Waals surface area contributed by atoms with Crippen molar-refractivity contribution in [3.8, 4) is 5.75 Å². The van der Waals surface area contributed by atoms with Gasteiger partial charge >= 0.3 is 0 Å². The van der Waals surface area contributed by atoms with Crippen molar-refractivity contribution >= 4 is 29.9 Å². The third-order valence-corrected chi connectivity index (χ3v) is 3.37. The lowest BCUT2D eigenvalue weighted by atomic mass is 10.2. The number of hydrogen-bond acceptors (Lipinski definition) is 2. The number of halogens is 1. The van der Waals surface area contributed by atoms with E-state index in [4.69, 9.17) is 4.74 Å². The van der Waals surface area contributed by atoms with Crippen molar-refractivity contribution in [3.63, 3.8) is 0 Å². The summed E-state index contributed by atoms with van der Waals surface area (Å²) < 4.78 is 5.70. The number of unbranched alkanes of at least 4 members (excludes halogenated alkanes) is 1. The van der Waals surface area contributed by atoms with E-state index in [1.54, 1.807) is 7.05 Å². The van der Waals surface area contributed by atoms with Crippen LogP contribution in [0.3, 0.4) is 0 Å². The molecule has 0 amide bonds. The first-order valence-electron chi connectivity index (χ1n) is 7.82. The number of aryl methyl sites for hydroxylation is 1. The van der Waals surface area contributed by atoms with Gasteiger partial charge in [0.2, 0.25) is 0 Å². The lowest BCUT2D eigenvalue weighted by molar-refractivity contribution is 0.307. The van der Waals surface area contributed by atoms with Gasteiger partial charge < -0.3 is 15.4 Å². The highest BCUT2D eigenvalue weighted by Crippen LogP contribution is 2.11. The average Bonchev–Trinajstić information content (AvgIpc) is 2.50. The van der Waals surface area contributed by atoms with Crippen LogP contribution in [0.25, 0.3) is 0 Å². The highest BCUT2D eigenvalue weighted by atomic mass is 127. The number of rotatable bonds is 8. The first-order chi connectivity index (χ1) is 10.2. The second-order valence-electron chi connectivity index (χ2n) is 5.32. The van der Waals surface area contributed by atoms with Crippen molar-refractivity contribution in [2.75, 3.05) is 20.2 Å². The van der Waals surface area contributed by atoms with E-state index in [0.717, 1.165) is 44.1 Å². The summed E-state index contributed by atoms with van der Waals surface area (Å²) in [6.45, 7) is 8.06. The van der Waals surface area contributed by atoms with Gasteiger partial charge in [0.1, 0.15) is 5.75 Å². The van der Waals surface area contributed by atoms with Gasteiger partial charge in [0.15, 0.2) is 5.96 Å². The fourth-order valence-electron chi connectivity index (χ4n) is 1.79. The predicted octanol–water partition coefficient (Wildman–Crippen LogP) is 3.74. The maximum absolute atomic E-state index is 5.70. The van der Waals surface area contributed by atoms with Crippen molar-refractivity contribution < 1.29 is 4.74 Å². The smallest absolute Gasteiger partial charge is 0.191 e. The van der Waals surface area contributed by atoms with E-state index < -0.39 is 0 Å². The van der Waals surface area contributed by atoms with Crippen LogP contribution in [0.4, 0.5) is 0 Å². The Hall–Kier alpha value is -0.980. The second-order valence-corrected chi connectivity index (χ2v) is 5.32. The summed E-state index contributed by atoms with van der Waals surface area (Å²) in [5.74, 6) is 1.83. The first-order valence-corrected chi connectivity index (χ1v) is 7.82. The molecule has 0 aliphatic carbocycles. The number of guanidine groups is 1. The minimum absolute atomic E-state index is 0. The van der Waals surface area contributed by atoms with Crippen LogP contribution >= 0.6 is 24.0 Å². The van der Waals surface area contributed by atoms with E-state index in [1.165, 1.54) is 5.56 Å². The summed E-state index contributed by atoms with van der Waals surface area (Å²) in [5, 5.41) is 6.67. The van der Waals surface area contributed by atoms with Crippen molar-refractivity contribution in [1.82, 2.24) is 10.6 Å². The molecular formula is C17H30IN3O. The zero-order valence-electron chi connectivity index (χ0n) is 14.2. The largest absolute Gasteiger partial charge is 0.494 e. The molecule has 5 heteroatoms. The molecule has 1 aromatic carbocycles. The van der Waals surface area contributed by atoms with Gasteiger partial charge in [-0.3, -0.25) is 4.99 Å². The quantitative estimate of drug-likeness (QED) is 0.292. The average molecular weight is 419 g/mol. The summed E-state index contributed by atoms with van der Waals surface area (Å²) >= 11 is 0. The third kappa shape index (κ3) is 9.12. The van der Waals surface area contributed by atoms with Gasteiger partial charge in [0.05, 0.1) is 6.61 Å². The van der Waals surface area contributed by atoms with E-state index in [0.29, 0.717) is 6.04 Å². The molecule has 0 heterocycles. The van der Waals surface area contributed by atoms with Crippen LogP contribution in [0.15, 0.2) is 29.3 Å². The van der Waals surface area contributed by atoms with Crippen molar-refractivity contribution in [1.29, 1.82) is 0 Å². The van der Waals surface area contributed by atoms with E-state index in [9.17, 15) is 0 Å². The molecule has 2 N–H and O–H groups in total. The fraction of sp³-hybridized carbons (Fsp3) is 0.588. The Labute approximate surface area is 152 Å². The molecule has 1 rings (SSSR count). The zero-order valence-corrected chi connectivity index (χ0v) is 16.5. The standard InChI is InChI=1S/C17H29N3O.HI/c1-5-15(3)20-17(18-4)19-12-6-7-13-21-16-10-8-14(2)9-11-16;/h8-11,15H,5-7,12-13H2,1-4H3,(H2,18,19,20);1H. The van der Waals surface area contributed by atoms with E-state index >= 15 is 0 Å². The van der Waals surface area contributed by atoms with Crippen molar-refractivity contribution in [2.45, 2.75) is 46.1 Å². The van der Waals surface area contributed by atoms with Crippen LogP contribution < -0.4 is 15.4 Å². The van der Waals surface area contributed by atoms with Crippen molar-refractivity contribution in [2.24, 2.45) is 4.99 Å². The lowest BCUT2D eigenvalue weighted by Gasteiger charge is -2.16. The molecule has 1 aromatic rings. The van der Waals surface area contributed by atoms with Gasteiger partial charge in [-0.05, 0) is 45.2 Å². The van der Waals surface area contributed by atoms with Crippen LogP contribution in [0.5, 0.6) is 5.75 Å². The number of aliphatic imine (C=N–C) groups is 1. The number of benzene rings is 1. The Balaban J connectivity index is 0.00000441. The molecular weight excluding hydrogens is 389 g/mol. The molecule has 0 aliphatic heterocycles. The molecule has 0 radical (unpaired) electrons. The Kier molecular flexibility index (Phi) is 12.0. The van der Waals surface area contributed by atoms with Crippen LogP contribution in [0.2, 0.25) is 0 Å². The molecule has 4 nitrogen and oxygen atoms in total. The number of nitrogens with one attached hydrogen (secondary N) is 2. The Morgan fingerprint density at radius 2 is 1.91 bits per heavy atom. The fourth-order valence-corrected chi connectivity index (χ4v) is 1.79. The normalized spacial score (nSPS) is 12.3. The van der Waals surface area contributed by atoms with Crippen molar-refractivity contribution in [3.05, 3.63) is 29.8 Å². The third-order valence-electron chi connectivity index (χ3n) is 3.37. The van der Waals surface area contributed by atoms with Gasteiger partial charge in [-0.2, -0.15) is 0 Å².